The van der Waals surface area contributed by atoms with E-state index < -0.39 is 5.60 Å². The zero-order valence-electron chi connectivity index (χ0n) is 22.1. The van der Waals surface area contributed by atoms with Crippen LogP contribution in [0.15, 0.2) is 58.3 Å². The van der Waals surface area contributed by atoms with Crippen molar-refractivity contribution < 1.29 is 14.4 Å². The van der Waals surface area contributed by atoms with Gasteiger partial charge in [-0.25, -0.2) is 4.79 Å². The Morgan fingerprint density at radius 2 is 1.89 bits per heavy atom. The minimum absolute atomic E-state index is 0.190. The highest BCUT2D eigenvalue weighted by Crippen LogP contribution is 2.65. The molecule has 0 radical (unpaired) electrons. The van der Waals surface area contributed by atoms with E-state index in [2.05, 4.69) is 24.2 Å². The number of carbonyl (C=O) groups excluding carboxylic acids is 1. The van der Waals surface area contributed by atoms with Crippen molar-refractivity contribution in [2.45, 2.75) is 96.7 Å². The van der Waals surface area contributed by atoms with E-state index in [9.17, 15) is 10.1 Å². The number of fused-ring (bicyclic) bond motifs is 4. The van der Waals surface area contributed by atoms with Crippen molar-refractivity contribution in [1.82, 2.24) is 0 Å². The molecule has 0 saturated heterocycles. The molecule has 0 N–H and O–H groups in total. The monoisotopic (exact) mass is 486 g/mol. The molecule has 0 bridgehead atoms. The summed E-state index contributed by atoms with van der Waals surface area (Å²) in [5.41, 5.74) is 5.01. The van der Waals surface area contributed by atoms with Crippen molar-refractivity contribution >= 4 is 11.7 Å². The number of carbonyl (C=O) groups is 1. The third kappa shape index (κ3) is 4.29. The fourth-order valence-corrected chi connectivity index (χ4v) is 7.34. The summed E-state index contributed by atoms with van der Waals surface area (Å²) in [6.07, 6.45) is 10.4. The van der Waals surface area contributed by atoms with Crippen molar-refractivity contribution in [2.75, 3.05) is 0 Å². The Kier molecular flexibility index (Phi) is 6.35. The van der Waals surface area contributed by atoms with Gasteiger partial charge in [0, 0.05) is 5.41 Å². The Labute approximate surface area is 215 Å². The molecule has 0 aliphatic heterocycles. The average Bonchev–Trinajstić information content (AvgIpc) is 3.14. The Hall–Kier alpha value is -2.87. The largest absolute Gasteiger partial charge is 0.454 e. The molecule has 4 atom stereocenters. The standard InChI is InChI=1S/C31H38N2O3/c1-29(2,3)36-33-23-11-13-24-22(20-23)10-12-26-25(24)14-16-30(4)27(26)15-17-31(30,18-19-32)35-28(34)21-8-6-5-7-9-21/h5-9,20,26-27H,10-18H2,1-4H3/t26?,27?,30-,31+/m0/s1. The lowest BCUT2D eigenvalue weighted by atomic mass is 9.54. The van der Waals surface area contributed by atoms with Crippen molar-refractivity contribution in [3.05, 3.63) is 58.7 Å². The number of nitriles is 1. The number of hydrogen-bond acceptors (Lipinski definition) is 5. The van der Waals surface area contributed by atoms with Crippen molar-refractivity contribution in [2.24, 2.45) is 22.4 Å². The van der Waals surface area contributed by atoms with E-state index in [-0.39, 0.29) is 23.4 Å². The zero-order valence-corrected chi connectivity index (χ0v) is 22.1. The quantitative estimate of drug-likeness (QED) is 0.330. The maximum atomic E-state index is 13.1. The molecule has 0 amide bonds. The molecule has 4 aliphatic carbocycles. The van der Waals surface area contributed by atoms with E-state index in [1.165, 1.54) is 5.57 Å². The van der Waals surface area contributed by atoms with Crippen molar-refractivity contribution in [1.29, 1.82) is 5.26 Å². The van der Waals surface area contributed by atoms with Crippen LogP contribution in [0.4, 0.5) is 0 Å². The minimum atomic E-state index is -0.720. The van der Waals surface area contributed by atoms with Gasteiger partial charge in [0.1, 0.15) is 11.2 Å². The van der Waals surface area contributed by atoms with Crippen LogP contribution in [-0.2, 0) is 9.57 Å². The normalized spacial score (nSPS) is 32.6. The molecule has 0 heterocycles. The molecule has 4 aliphatic rings. The molecule has 0 spiro atoms. The number of benzene rings is 1. The molecular formula is C31H38N2O3. The third-order valence-electron chi connectivity index (χ3n) is 9.14. The highest BCUT2D eigenvalue weighted by Gasteiger charge is 2.63. The van der Waals surface area contributed by atoms with E-state index in [1.54, 1.807) is 23.3 Å². The average molecular weight is 487 g/mol. The summed E-state index contributed by atoms with van der Waals surface area (Å²) in [5.74, 6) is 0.644. The number of esters is 1. The number of rotatable bonds is 4. The van der Waals surface area contributed by atoms with Crippen LogP contribution in [0, 0.1) is 28.6 Å². The molecule has 5 heteroatoms. The van der Waals surface area contributed by atoms with E-state index in [1.807, 2.05) is 39.0 Å². The van der Waals surface area contributed by atoms with Crippen LogP contribution in [0.3, 0.4) is 0 Å². The highest BCUT2D eigenvalue weighted by atomic mass is 16.6. The first-order valence-corrected chi connectivity index (χ1v) is 13.5. The molecule has 2 unspecified atom stereocenters. The maximum Gasteiger partial charge on any atom is 0.338 e. The lowest BCUT2D eigenvalue weighted by Crippen LogP contribution is -2.52. The van der Waals surface area contributed by atoms with Gasteiger partial charge >= 0.3 is 5.97 Å². The number of hydrogen-bond donors (Lipinski definition) is 0. The predicted octanol–water partition coefficient (Wildman–Crippen LogP) is 7.30. The van der Waals surface area contributed by atoms with Gasteiger partial charge in [-0.3, -0.25) is 0 Å². The second kappa shape index (κ2) is 9.21. The number of oxime groups is 1. The molecule has 5 rings (SSSR count). The van der Waals surface area contributed by atoms with E-state index in [0.717, 1.165) is 57.1 Å². The fraction of sp³-hybridized carbons (Fsp3) is 0.581. The molecular weight excluding hydrogens is 448 g/mol. The van der Waals surface area contributed by atoms with Gasteiger partial charge in [-0.05, 0) is 113 Å². The molecule has 36 heavy (non-hydrogen) atoms. The summed E-state index contributed by atoms with van der Waals surface area (Å²) in [6.45, 7) is 8.36. The number of nitrogens with zero attached hydrogens (tertiary/aromatic N) is 2. The second-order valence-electron chi connectivity index (χ2n) is 12.3. The SMILES string of the molecule is CC(C)(C)ON=C1C=C2CCC3C(=C2CC1)CC[C@@]1(C)C3CC[C@]1(CC#N)OC(=O)c1ccccc1. The number of allylic oxidation sites excluding steroid dienone is 4. The lowest BCUT2D eigenvalue weighted by Gasteiger charge is -2.52. The molecule has 5 nitrogen and oxygen atoms in total. The van der Waals surface area contributed by atoms with Gasteiger partial charge in [0.15, 0.2) is 0 Å². The maximum absolute atomic E-state index is 13.1. The van der Waals surface area contributed by atoms with Gasteiger partial charge in [0.05, 0.1) is 23.8 Å². The van der Waals surface area contributed by atoms with Gasteiger partial charge in [0.2, 0.25) is 0 Å². The Morgan fingerprint density at radius 3 is 2.61 bits per heavy atom. The van der Waals surface area contributed by atoms with E-state index in [4.69, 9.17) is 9.57 Å². The van der Waals surface area contributed by atoms with Crippen LogP contribution in [-0.4, -0.2) is 22.9 Å². The summed E-state index contributed by atoms with van der Waals surface area (Å²) in [5, 5.41) is 14.3. The second-order valence-corrected chi connectivity index (χ2v) is 12.3. The topological polar surface area (TPSA) is 71.7 Å². The zero-order chi connectivity index (χ0) is 25.6. The Bertz CT molecular complexity index is 1170. The van der Waals surface area contributed by atoms with Crippen LogP contribution in [0.1, 0.15) is 95.8 Å². The first-order chi connectivity index (χ1) is 17.2. The van der Waals surface area contributed by atoms with Crippen LogP contribution in [0.25, 0.3) is 0 Å². The van der Waals surface area contributed by atoms with Crippen LogP contribution >= 0.6 is 0 Å². The molecule has 2 saturated carbocycles. The third-order valence-corrected chi connectivity index (χ3v) is 9.14. The van der Waals surface area contributed by atoms with Gasteiger partial charge in [-0.1, -0.05) is 35.9 Å². The fourth-order valence-electron chi connectivity index (χ4n) is 7.34. The van der Waals surface area contributed by atoms with E-state index >= 15 is 0 Å². The van der Waals surface area contributed by atoms with Crippen molar-refractivity contribution in [3.63, 3.8) is 0 Å². The Morgan fingerprint density at radius 1 is 1.11 bits per heavy atom. The van der Waals surface area contributed by atoms with Gasteiger partial charge < -0.3 is 9.57 Å². The summed E-state index contributed by atoms with van der Waals surface area (Å²) in [4.78, 5) is 18.8. The van der Waals surface area contributed by atoms with Gasteiger partial charge in [-0.15, -0.1) is 0 Å². The van der Waals surface area contributed by atoms with Gasteiger partial charge in [0.25, 0.3) is 0 Å². The van der Waals surface area contributed by atoms with Crippen LogP contribution < -0.4 is 0 Å². The first kappa shape index (κ1) is 24.8. The van der Waals surface area contributed by atoms with Crippen LogP contribution in [0.5, 0.6) is 0 Å². The summed E-state index contributed by atoms with van der Waals surface area (Å²) >= 11 is 0. The molecule has 1 aromatic rings. The Balaban J connectivity index is 1.41. The summed E-state index contributed by atoms with van der Waals surface area (Å²) in [6, 6.07) is 11.6. The highest BCUT2D eigenvalue weighted by molar-refractivity contribution is 5.97. The lowest BCUT2D eigenvalue weighted by molar-refractivity contribution is -0.0994. The van der Waals surface area contributed by atoms with Crippen molar-refractivity contribution in [3.8, 4) is 6.07 Å². The summed E-state index contributed by atoms with van der Waals surface area (Å²) in [7, 11) is 0. The molecule has 2 fully saturated rings. The van der Waals surface area contributed by atoms with Gasteiger partial charge in [-0.2, -0.15) is 5.26 Å². The summed E-state index contributed by atoms with van der Waals surface area (Å²) < 4.78 is 6.33. The minimum Gasteiger partial charge on any atom is -0.454 e. The molecule has 0 aromatic heterocycles. The molecule has 190 valence electrons. The van der Waals surface area contributed by atoms with E-state index in [0.29, 0.717) is 17.4 Å². The number of ether oxygens (including phenoxy) is 1. The van der Waals surface area contributed by atoms with Crippen LogP contribution in [0.2, 0.25) is 0 Å². The smallest absolute Gasteiger partial charge is 0.338 e. The molecule has 1 aromatic carbocycles. The first-order valence-electron chi connectivity index (χ1n) is 13.5. The predicted molar refractivity (Wildman–Crippen MR) is 140 cm³/mol.